The number of Topliss-reactive ketones (excluding diaryl/α,β-unsaturated/α-hetero) is 1. The summed E-state index contributed by atoms with van der Waals surface area (Å²) in [5.74, 6) is 0.289. The van der Waals surface area contributed by atoms with Gasteiger partial charge >= 0.3 is 0 Å². The first kappa shape index (κ1) is 17.4. The molecule has 26 heavy (non-hydrogen) atoms. The highest BCUT2D eigenvalue weighted by atomic mass is 16.5. The molecule has 0 aromatic heterocycles. The molecule has 130 valence electrons. The van der Waals surface area contributed by atoms with Gasteiger partial charge < -0.3 is 10.1 Å². The topological polar surface area (TPSA) is 55.4 Å². The number of ketones is 1. The number of carbonyl (C=O) groups is 2. The normalized spacial score (nSPS) is 10.2. The average molecular weight is 345 g/mol. The Morgan fingerprint density at radius 3 is 2.19 bits per heavy atom. The van der Waals surface area contributed by atoms with Crippen LogP contribution in [0.15, 0.2) is 78.9 Å². The lowest BCUT2D eigenvalue weighted by Gasteiger charge is -2.12. The molecule has 3 aromatic carbocycles. The number of para-hydroxylation sites is 1. The van der Waals surface area contributed by atoms with Crippen LogP contribution in [0.2, 0.25) is 0 Å². The van der Waals surface area contributed by atoms with E-state index in [-0.39, 0.29) is 18.3 Å². The smallest absolute Gasteiger partial charge is 0.262 e. The highest BCUT2D eigenvalue weighted by Crippen LogP contribution is 2.27. The Labute approximate surface area is 152 Å². The number of carbonyl (C=O) groups excluding carboxylic acids is 2. The zero-order valence-electron chi connectivity index (χ0n) is 14.4. The van der Waals surface area contributed by atoms with Crippen molar-refractivity contribution in [2.75, 3.05) is 11.9 Å². The lowest BCUT2D eigenvalue weighted by Crippen LogP contribution is -2.20. The first-order valence-electron chi connectivity index (χ1n) is 8.31. The van der Waals surface area contributed by atoms with Crippen LogP contribution in [0.1, 0.15) is 17.3 Å². The van der Waals surface area contributed by atoms with E-state index < -0.39 is 0 Å². The van der Waals surface area contributed by atoms with Crippen LogP contribution in [0.25, 0.3) is 11.1 Å². The molecule has 0 fully saturated rings. The number of rotatable bonds is 6. The number of benzene rings is 3. The Hall–Kier alpha value is -3.40. The number of hydrogen-bond donors (Lipinski definition) is 1. The second-order valence-corrected chi connectivity index (χ2v) is 5.83. The molecule has 3 aromatic rings. The molecule has 0 spiro atoms. The van der Waals surface area contributed by atoms with Crippen LogP contribution < -0.4 is 10.1 Å². The van der Waals surface area contributed by atoms with Gasteiger partial charge in [-0.3, -0.25) is 9.59 Å². The molecular formula is C22H19NO3. The Morgan fingerprint density at radius 1 is 0.846 bits per heavy atom. The van der Waals surface area contributed by atoms with Crippen molar-refractivity contribution in [3.63, 3.8) is 0 Å². The van der Waals surface area contributed by atoms with Crippen LogP contribution in [0.4, 0.5) is 5.69 Å². The number of hydrogen-bond acceptors (Lipinski definition) is 3. The van der Waals surface area contributed by atoms with Gasteiger partial charge in [-0.05, 0) is 42.8 Å². The van der Waals surface area contributed by atoms with Gasteiger partial charge in [-0.2, -0.15) is 0 Å². The van der Waals surface area contributed by atoms with Gasteiger partial charge in [0.05, 0.1) is 0 Å². The van der Waals surface area contributed by atoms with Crippen molar-refractivity contribution in [1.82, 2.24) is 0 Å². The standard InChI is InChI=1S/C22H19NO3/c1-16(24)17-11-13-19(14-12-17)26-15-22(25)23-21-10-6-5-9-20(21)18-7-3-2-4-8-18/h2-14H,15H2,1H3,(H,23,25). The van der Waals surface area contributed by atoms with Crippen molar-refractivity contribution < 1.29 is 14.3 Å². The minimum atomic E-state index is -0.246. The molecule has 0 aliphatic carbocycles. The number of nitrogens with one attached hydrogen (secondary N) is 1. The monoisotopic (exact) mass is 345 g/mol. The zero-order valence-corrected chi connectivity index (χ0v) is 14.4. The largest absolute Gasteiger partial charge is 0.484 e. The molecule has 0 bridgehead atoms. The second kappa shape index (κ2) is 8.12. The minimum Gasteiger partial charge on any atom is -0.484 e. The van der Waals surface area contributed by atoms with Crippen molar-refractivity contribution in [2.24, 2.45) is 0 Å². The van der Waals surface area contributed by atoms with Crippen LogP contribution in [0, 0.1) is 0 Å². The predicted octanol–water partition coefficient (Wildman–Crippen LogP) is 4.57. The average Bonchev–Trinajstić information content (AvgIpc) is 2.68. The summed E-state index contributed by atoms with van der Waals surface area (Å²) in [6.45, 7) is 1.40. The quantitative estimate of drug-likeness (QED) is 0.666. The van der Waals surface area contributed by atoms with Gasteiger partial charge in [0, 0.05) is 16.8 Å². The summed E-state index contributed by atoms with van der Waals surface area (Å²) >= 11 is 0. The first-order valence-corrected chi connectivity index (χ1v) is 8.31. The summed E-state index contributed by atoms with van der Waals surface area (Å²) in [7, 11) is 0. The summed E-state index contributed by atoms with van der Waals surface area (Å²) in [5, 5.41) is 2.89. The van der Waals surface area contributed by atoms with E-state index in [1.807, 2.05) is 54.6 Å². The number of anilines is 1. The maximum atomic E-state index is 12.3. The van der Waals surface area contributed by atoms with Crippen LogP contribution in [-0.4, -0.2) is 18.3 Å². The van der Waals surface area contributed by atoms with Crippen molar-refractivity contribution in [2.45, 2.75) is 6.92 Å². The van der Waals surface area contributed by atoms with E-state index in [0.29, 0.717) is 11.3 Å². The van der Waals surface area contributed by atoms with Crippen LogP contribution in [0.5, 0.6) is 5.75 Å². The Balaban J connectivity index is 1.65. The van der Waals surface area contributed by atoms with E-state index in [1.165, 1.54) is 6.92 Å². The number of amides is 1. The van der Waals surface area contributed by atoms with E-state index >= 15 is 0 Å². The van der Waals surface area contributed by atoms with Gasteiger partial charge in [-0.25, -0.2) is 0 Å². The van der Waals surface area contributed by atoms with E-state index in [1.54, 1.807) is 24.3 Å². The van der Waals surface area contributed by atoms with E-state index in [2.05, 4.69) is 5.32 Å². The van der Waals surface area contributed by atoms with Crippen LogP contribution in [-0.2, 0) is 4.79 Å². The SMILES string of the molecule is CC(=O)c1ccc(OCC(=O)Nc2ccccc2-c2ccccc2)cc1. The third-order valence-electron chi connectivity index (χ3n) is 3.92. The molecule has 0 saturated carbocycles. The Bertz CT molecular complexity index is 902. The molecule has 3 rings (SSSR count). The Morgan fingerprint density at radius 2 is 1.50 bits per heavy atom. The molecule has 0 aliphatic rings. The highest BCUT2D eigenvalue weighted by molar-refractivity contribution is 5.96. The fraction of sp³-hybridized carbons (Fsp3) is 0.0909. The van der Waals surface area contributed by atoms with Gasteiger partial charge in [-0.1, -0.05) is 48.5 Å². The molecule has 0 heterocycles. The third kappa shape index (κ3) is 4.36. The fourth-order valence-corrected chi connectivity index (χ4v) is 2.58. The van der Waals surface area contributed by atoms with Crippen molar-refractivity contribution >= 4 is 17.4 Å². The highest BCUT2D eigenvalue weighted by Gasteiger charge is 2.09. The zero-order chi connectivity index (χ0) is 18.4. The van der Waals surface area contributed by atoms with Crippen molar-refractivity contribution in [3.8, 4) is 16.9 Å². The van der Waals surface area contributed by atoms with Gasteiger partial charge in [0.25, 0.3) is 5.91 Å². The van der Waals surface area contributed by atoms with Gasteiger partial charge in [0.1, 0.15) is 5.75 Å². The number of ether oxygens (including phenoxy) is 1. The van der Waals surface area contributed by atoms with Crippen LogP contribution in [0.3, 0.4) is 0 Å². The first-order chi connectivity index (χ1) is 12.6. The van der Waals surface area contributed by atoms with Crippen LogP contribution >= 0.6 is 0 Å². The molecule has 0 saturated heterocycles. The molecule has 4 nitrogen and oxygen atoms in total. The molecule has 0 atom stereocenters. The van der Waals surface area contributed by atoms with Gasteiger partial charge in [-0.15, -0.1) is 0 Å². The summed E-state index contributed by atoms with van der Waals surface area (Å²) in [6, 6.07) is 24.2. The second-order valence-electron chi connectivity index (χ2n) is 5.83. The van der Waals surface area contributed by atoms with E-state index in [4.69, 9.17) is 4.74 Å². The Kier molecular flexibility index (Phi) is 5.44. The maximum absolute atomic E-state index is 12.3. The molecule has 0 aliphatic heterocycles. The van der Waals surface area contributed by atoms with Gasteiger partial charge in [0.2, 0.25) is 0 Å². The summed E-state index contributed by atoms with van der Waals surface area (Å²) in [5.41, 5.74) is 3.33. The van der Waals surface area contributed by atoms with E-state index in [0.717, 1.165) is 16.8 Å². The maximum Gasteiger partial charge on any atom is 0.262 e. The van der Waals surface area contributed by atoms with Crippen molar-refractivity contribution in [3.05, 3.63) is 84.4 Å². The molecule has 1 N–H and O–H groups in total. The summed E-state index contributed by atoms with van der Waals surface area (Å²) < 4.78 is 5.50. The molecule has 1 amide bonds. The molecule has 0 radical (unpaired) electrons. The molecular weight excluding hydrogens is 326 g/mol. The van der Waals surface area contributed by atoms with Crippen molar-refractivity contribution in [1.29, 1.82) is 0 Å². The predicted molar refractivity (Wildman–Crippen MR) is 102 cm³/mol. The minimum absolute atomic E-state index is 0.00758. The molecule has 0 unspecified atom stereocenters. The lowest BCUT2D eigenvalue weighted by molar-refractivity contribution is -0.118. The third-order valence-corrected chi connectivity index (χ3v) is 3.92. The summed E-state index contributed by atoms with van der Waals surface area (Å²) in [6.07, 6.45) is 0. The van der Waals surface area contributed by atoms with Gasteiger partial charge in [0.15, 0.2) is 12.4 Å². The lowest BCUT2D eigenvalue weighted by atomic mass is 10.0. The molecule has 4 heteroatoms. The fourth-order valence-electron chi connectivity index (χ4n) is 2.58. The van der Waals surface area contributed by atoms with E-state index in [9.17, 15) is 9.59 Å². The summed E-state index contributed by atoms with van der Waals surface area (Å²) in [4.78, 5) is 23.5.